The number of hydrazone groups is 1. The molecule has 0 aliphatic carbocycles. The lowest BCUT2D eigenvalue weighted by Gasteiger charge is -2.03. The highest BCUT2D eigenvalue weighted by Crippen LogP contribution is 2.20. The first-order valence-corrected chi connectivity index (χ1v) is 5.60. The van der Waals surface area contributed by atoms with Gasteiger partial charge in [-0.3, -0.25) is 15.5 Å². The molecular weight excluding hydrogens is 268 g/mol. The molecule has 0 saturated heterocycles. The lowest BCUT2D eigenvalue weighted by Crippen LogP contribution is -2.31. The highest BCUT2D eigenvalue weighted by Gasteiger charge is 2.08. The Kier molecular flexibility index (Phi) is 5.42. The second kappa shape index (κ2) is 7.07. The summed E-state index contributed by atoms with van der Waals surface area (Å²) in [7, 11) is 0. The first-order chi connectivity index (χ1) is 9.04. The van der Waals surface area contributed by atoms with Crippen LogP contribution in [0.1, 0.15) is 5.56 Å². The number of hydrogen-bond donors (Lipinski definition) is 3. The first-order valence-electron chi connectivity index (χ1n) is 5.20. The molecule has 1 aromatic rings. The van der Waals surface area contributed by atoms with Gasteiger partial charge >= 0.3 is 0 Å². The number of benzene rings is 1. The van der Waals surface area contributed by atoms with Crippen LogP contribution in [0.3, 0.4) is 0 Å². The van der Waals surface area contributed by atoms with E-state index < -0.39 is 4.92 Å². The lowest BCUT2D eigenvalue weighted by molar-refractivity contribution is -0.384. The van der Waals surface area contributed by atoms with Crippen molar-refractivity contribution in [1.29, 1.82) is 0 Å². The molecule has 3 N–H and O–H groups in total. The molecule has 0 saturated carbocycles. The minimum atomic E-state index is -0.555. The van der Waals surface area contributed by atoms with Crippen LogP contribution in [-0.2, 0) is 0 Å². The fraction of sp³-hybridized carbons (Fsp3) is 0.0909. The van der Waals surface area contributed by atoms with E-state index in [9.17, 15) is 15.2 Å². The highest BCUT2D eigenvalue weighted by molar-refractivity contribution is 7.80. The van der Waals surface area contributed by atoms with Crippen LogP contribution in [0.5, 0.6) is 5.75 Å². The number of nitro benzene ring substituents is 1. The summed E-state index contributed by atoms with van der Waals surface area (Å²) in [5.74, 6) is -0.110. The Balaban J connectivity index is 2.70. The van der Waals surface area contributed by atoms with Crippen molar-refractivity contribution in [2.24, 2.45) is 5.10 Å². The largest absolute Gasteiger partial charge is 0.507 e. The van der Waals surface area contributed by atoms with Gasteiger partial charge in [0.15, 0.2) is 5.11 Å². The van der Waals surface area contributed by atoms with Gasteiger partial charge in [0, 0.05) is 24.2 Å². The van der Waals surface area contributed by atoms with Gasteiger partial charge in [-0.2, -0.15) is 5.10 Å². The van der Waals surface area contributed by atoms with Crippen LogP contribution in [0.4, 0.5) is 5.69 Å². The average Bonchev–Trinajstić information content (AvgIpc) is 2.38. The van der Waals surface area contributed by atoms with Gasteiger partial charge in [-0.05, 0) is 18.3 Å². The average molecular weight is 280 g/mol. The zero-order valence-corrected chi connectivity index (χ0v) is 10.7. The monoisotopic (exact) mass is 280 g/mol. The van der Waals surface area contributed by atoms with Gasteiger partial charge in [0.1, 0.15) is 5.75 Å². The molecule has 100 valence electrons. The van der Waals surface area contributed by atoms with Crippen molar-refractivity contribution in [1.82, 2.24) is 10.7 Å². The quantitative estimate of drug-likeness (QED) is 0.247. The van der Waals surface area contributed by atoms with Crippen LogP contribution in [0.15, 0.2) is 36.0 Å². The van der Waals surface area contributed by atoms with Crippen molar-refractivity contribution >= 4 is 29.2 Å². The van der Waals surface area contributed by atoms with Gasteiger partial charge in [0.2, 0.25) is 0 Å². The molecule has 8 heteroatoms. The maximum atomic E-state index is 10.6. The predicted octanol–water partition coefficient (Wildman–Crippen LogP) is 1.28. The van der Waals surface area contributed by atoms with Gasteiger partial charge in [-0.25, -0.2) is 0 Å². The van der Waals surface area contributed by atoms with Gasteiger partial charge in [-0.1, -0.05) is 6.08 Å². The number of thiocarbonyl (C=S) groups is 1. The molecule has 0 amide bonds. The second-order valence-electron chi connectivity index (χ2n) is 3.37. The predicted molar refractivity (Wildman–Crippen MR) is 76.3 cm³/mol. The Morgan fingerprint density at radius 3 is 3.00 bits per heavy atom. The Bertz CT molecular complexity index is 531. The summed E-state index contributed by atoms with van der Waals surface area (Å²) >= 11 is 4.88. The van der Waals surface area contributed by atoms with E-state index in [1.807, 2.05) is 0 Å². The van der Waals surface area contributed by atoms with Crippen molar-refractivity contribution in [2.75, 3.05) is 6.54 Å². The molecule has 0 aliphatic heterocycles. The second-order valence-corrected chi connectivity index (χ2v) is 3.78. The van der Waals surface area contributed by atoms with E-state index in [1.165, 1.54) is 24.4 Å². The topological polar surface area (TPSA) is 99.8 Å². The Labute approximate surface area is 114 Å². The number of phenolic OH excluding ortho intramolecular Hbond substituents is 1. The fourth-order valence-electron chi connectivity index (χ4n) is 1.12. The normalized spacial score (nSPS) is 10.1. The van der Waals surface area contributed by atoms with Crippen LogP contribution in [0, 0.1) is 10.1 Å². The number of nitrogens with one attached hydrogen (secondary N) is 2. The Hall–Kier alpha value is -2.48. The molecule has 1 aromatic carbocycles. The van der Waals surface area contributed by atoms with Crippen LogP contribution >= 0.6 is 12.2 Å². The number of rotatable bonds is 5. The number of aromatic hydroxyl groups is 1. The molecule has 0 fully saturated rings. The minimum absolute atomic E-state index is 0.110. The van der Waals surface area contributed by atoms with Gasteiger partial charge in [-0.15, -0.1) is 6.58 Å². The maximum absolute atomic E-state index is 10.6. The van der Waals surface area contributed by atoms with Crippen LogP contribution in [0.2, 0.25) is 0 Å². The molecule has 0 aromatic heterocycles. The van der Waals surface area contributed by atoms with Crippen molar-refractivity contribution in [3.63, 3.8) is 0 Å². The highest BCUT2D eigenvalue weighted by atomic mass is 32.1. The number of nitro groups is 1. The maximum Gasteiger partial charge on any atom is 0.270 e. The smallest absolute Gasteiger partial charge is 0.270 e. The lowest BCUT2D eigenvalue weighted by atomic mass is 10.2. The van der Waals surface area contributed by atoms with E-state index in [1.54, 1.807) is 6.08 Å². The van der Waals surface area contributed by atoms with Gasteiger partial charge < -0.3 is 10.4 Å². The summed E-state index contributed by atoms with van der Waals surface area (Å²) in [5, 5.41) is 26.9. The number of non-ortho nitro benzene ring substituents is 1. The minimum Gasteiger partial charge on any atom is -0.507 e. The van der Waals surface area contributed by atoms with Crippen LogP contribution in [0.25, 0.3) is 0 Å². The van der Waals surface area contributed by atoms with Gasteiger partial charge in [0.25, 0.3) is 5.69 Å². The molecule has 0 bridgehead atoms. The van der Waals surface area contributed by atoms with Crippen molar-refractivity contribution < 1.29 is 10.0 Å². The van der Waals surface area contributed by atoms with Crippen LogP contribution < -0.4 is 10.7 Å². The molecule has 7 nitrogen and oxygen atoms in total. The number of hydrogen-bond acceptors (Lipinski definition) is 5. The van der Waals surface area contributed by atoms with E-state index in [2.05, 4.69) is 22.4 Å². The van der Waals surface area contributed by atoms with Crippen molar-refractivity contribution in [3.05, 3.63) is 46.5 Å². The van der Waals surface area contributed by atoms with E-state index in [-0.39, 0.29) is 22.1 Å². The third-order valence-electron chi connectivity index (χ3n) is 2.00. The Morgan fingerprint density at radius 1 is 1.63 bits per heavy atom. The SMILES string of the molecule is C=CCNC(=S)NN=Cc1cc([N+](=O)[O-])ccc1O. The van der Waals surface area contributed by atoms with E-state index in [4.69, 9.17) is 12.2 Å². The van der Waals surface area contributed by atoms with Crippen molar-refractivity contribution in [3.8, 4) is 5.75 Å². The third kappa shape index (κ3) is 4.72. The molecular formula is C11H12N4O3S. The fourth-order valence-corrected chi connectivity index (χ4v) is 1.26. The molecule has 19 heavy (non-hydrogen) atoms. The van der Waals surface area contributed by atoms with E-state index in [0.29, 0.717) is 6.54 Å². The standard InChI is InChI=1S/C11H12N4O3S/c1-2-5-12-11(19)14-13-7-8-6-9(15(17)18)3-4-10(8)16/h2-4,6-7,16H,1,5H2,(H2,12,14,19). The molecule has 0 unspecified atom stereocenters. The molecule has 0 aliphatic rings. The Morgan fingerprint density at radius 2 is 2.37 bits per heavy atom. The van der Waals surface area contributed by atoms with Gasteiger partial charge in [0.05, 0.1) is 11.1 Å². The number of phenols is 1. The summed E-state index contributed by atoms with van der Waals surface area (Å²) in [6, 6.07) is 3.64. The van der Waals surface area contributed by atoms with E-state index >= 15 is 0 Å². The van der Waals surface area contributed by atoms with Crippen molar-refractivity contribution in [2.45, 2.75) is 0 Å². The molecule has 0 heterocycles. The molecule has 0 atom stereocenters. The summed E-state index contributed by atoms with van der Waals surface area (Å²) in [6.07, 6.45) is 2.87. The molecule has 0 radical (unpaired) electrons. The number of nitrogens with zero attached hydrogens (tertiary/aromatic N) is 2. The summed E-state index contributed by atoms with van der Waals surface area (Å²) in [5.41, 5.74) is 2.59. The van der Waals surface area contributed by atoms with E-state index in [0.717, 1.165) is 0 Å². The zero-order chi connectivity index (χ0) is 14.3. The molecule has 1 rings (SSSR count). The zero-order valence-electron chi connectivity index (χ0n) is 9.87. The third-order valence-corrected chi connectivity index (χ3v) is 2.23. The molecule has 0 spiro atoms. The van der Waals surface area contributed by atoms with Crippen LogP contribution in [-0.4, -0.2) is 27.9 Å². The summed E-state index contributed by atoms with van der Waals surface area (Å²) < 4.78 is 0. The first kappa shape index (κ1) is 14.6. The summed E-state index contributed by atoms with van der Waals surface area (Å²) in [6.45, 7) is 4.00. The summed E-state index contributed by atoms with van der Waals surface area (Å²) in [4.78, 5) is 10.0.